The van der Waals surface area contributed by atoms with Gasteiger partial charge >= 0.3 is 0 Å². The molecule has 0 saturated carbocycles. The van der Waals surface area contributed by atoms with Gasteiger partial charge in [0.15, 0.2) is 0 Å². The summed E-state index contributed by atoms with van der Waals surface area (Å²) < 4.78 is 0. The molecule has 2 nitrogen and oxygen atoms in total. The van der Waals surface area contributed by atoms with Crippen molar-refractivity contribution < 1.29 is 0 Å². The van der Waals surface area contributed by atoms with Crippen molar-refractivity contribution in [2.75, 3.05) is 6.54 Å². The zero-order valence-electron chi connectivity index (χ0n) is 11.1. The largest absolute Gasteiger partial charge is 0.326 e. The Labute approximate surface area is 109 Å². The third-order valence-corrected chi connectivity index (χ3v) is 4.55. The van der Waals surface area contributed by atoms with Crippen LogP contribution in [-0.2, 0) is 0 Å². The molecule has 3 heteroatoms. The van der Waals surface area contributed by atoms with Crippen molar-refractivity contribution in [3.8, 4) is 0 Å². The van der Waals surface area contributed by atoms with Crippen molar-refractivity contribution in [1.29, 1.82) is 0 Å². The van der Waals surface area contributed by atoms with Gasteiger partial charge in [-0.2, -0.15) is 11.3 Å². The summed E-state index contributed by atoms with van der Waals surface area (Å²) in [6.07, 6.45) is 2.64. The Bertz CT molecular complexity index is 332. The highest BCUT2D eigenvalue weighted by Crippen LogP contribution is 2.35. The zero-order chi connectivity index (χ0) is 12.4. The van der Waals surface area contributed by atoms with Crippen LogP contribution < -0.4 is 5.73 Å². The van der Waals surface area contributed by atoms with E-state index >= 15 is 0 Å². The van der Waals surface area contributed by atoms with Gasteiger partial charge in [0.05, 0.1) is 6.04 Å². The van der Waals surface area contributed by atoms with Gasteiger partial charge in [0.1, 0.15) is 0 Å². The number of hydrogen-bond donors (Lipinski definition) is 1. The Balaban J connectivity index is 2.22. The van der Waals surface area contributed by atoms with Gasteiger partial charge in [-0.15, -0.1) is 0 Å². The molecule has 3 atom stereocenters. The van der Waals surface area contributed by atoms with E-state index in [0.717, 1.165) is 5.92 Å². The van der Waals surface area contributed by atoms with Crippen LogP contribution in [0.3, 0.4) is 0 Å². The van der Waals surface area contributed by atoms with Crippen LogP contribution in [0, 0.1) is 5.92 Å². The number of likely N-dealkylation sites (tertiary alicyclic amines) is 1. The van der Waals surface area contributed by atoms with Crippen LogP contribution in [-0.4, -0.2) is 23.5 Å². The summed E-state index contributed by atoms with van der Waals surface area (Å²) in [6.45, 7) is 7.99. The lowest BCUT2D eigenvalue weighted by Crippen LogP contribution is -2.43. The lowest BCUT2D eigenvalue weighted by Gasteiger charge is -2.37. The average Bonchev–Trinajstić information content (AvgIpc) is 2.87. The molecule has 1 saturated heterocycles. The van der Waals surface area contributed by atoms with Crippen molar-refractivity contribution >= 4 is 11.3 Å². The second-order valence-corrected chi connectivity index (χ2v) is 6.33. The van der Waals surface area contributed by atoms with Gasteiger partial charge in [0.2, 0.25) is 0 Å². The van der Waals surface area contributed by atoms with Crippen LogP contribution in [0.5, 0.6) is 0 Å². The van der Waals surface area contributed by atoms with E-state index in [1.807, 2.05) is 0 Å². The monoisotopic (exact) mass is 252 g/mol. The van der Waals surface area contributed by atoms with Crippen LogP contribution in [0.2, 0.25) is 0 Å². The predicted octanol–water partition coefficient (Wildman–Crippen LogP) is 3.26. The van der Waals surface area contributed by atoms with Gasteiger partial charge in [0.25, 0.3) is 0 Å². The van der Waals surface area contributed by atoms with Gasteiger partial charge < -0.3 is 5.73 Å². The SMILES string of the molecule is CC(C)C1CCCN1C(c1ccsc1)C(C)N. The second kappa shape index (κ2) is 5.51. The van der Waals surface area contributed by atoms with Gasteiger partial charge in [-0.1, -0.05) is 13.8 Å². The van der Waals surface area contributed by atoms with Crippen molar-refractivity contribution in [1.82, 2.24) is 4.90 Å². The highest BCUT2D eigenvalue weighted by molar-refractivity contribution is 7.07. The van der Waals surface area contributed by atoms with Crippen LogP contribution in [0.15, 0.2) is 16.8 Å². The number of thiophene rings is 1. The number of nitrogens with two attached hydrogens (primary N) is 1. The van der Waals surface area contributed by atoms with Crippen LogP contribution in [0.25, 0.3) is 0 Å². The molecule has 17 heavy (non-hydrogen) atoms. The first-order chi connectivity index (χ1) is 8.11. The molecule has 1 aliphatic rings. The van der Waals surface area contributed by atoms with Crippen molar-refractivity contribution in [3.05, 3.63) is 22.4 Å². The molecule has 2 heterocycles. The standard InChI is InChI=1S/C14H24N2S/c1-10(2)13-5-4-7-16(13)14(11(3)15)12-6-8-17-9-12/h6,8-11,13-14H,4-5,7,15H2,1-3H3. The molecule has 0 bridgehead atoms. The lowest BCUT2D eigenvalue weighted by atomic mass is 9.96. The first-order valence-electron chi connectivity index (χ1n) is 6.64. The molecule has 1 fully saturated rings. The Morgan fingerprint density at radius 1 is 1.41 bits per heavy atom. The van der Waals surface area contributed by atoms with E-state index in [2.05, 4.69) is 42.5 Å². The second-order valence-electron chi connectivity index (χ2n) is 5.55. The van der Waals surface area contributed by atoms with Crippen LogP contribution >= 0.6 is 11.3 Å². The topological polar surface area (TPSA) is 29.3 Å². The van der Waals surface area contributed by atoms with Crippen molar-refractivity contribution in [3.63, 3.8) is 0 Å². The molecule has 2 N–H and O–H groups in total. The number of hydrogen-bond acceptors (Lipinski definition) is 3. The molecule has 0 radical (unpaired) electrons. The molecule has 1 aliphatic heterocycles. The third-order valence-electron chi connectivity index (χ3n) is 3.85. The molecule has 2 rings (SSSR count). The van der Waals surface area contributed by atoms with Crippen LogP contribution in [0.4, 0.5) is 0 Å². The smallest absolute Gasteiger partial charge is 0.0507 e. The molecule has 96 valence electrons. The van der Waals surface area contributed by atoms with Gasteiger partial charge in [-0.3, -0.25) is 4.90 Å². The molecule has 0 aliphatic carbocycles. The summed E-state index contributed by atoms with van der Waals surface area (Å²) in [6, 6.07) is 3.53. The van der Waals surface area contributed by atoms with Gasteiger partial charge in [-0.25, -0.2) is 0 Å². The van der Waals surface area contributed by atoms with E-state index in [0.29, 0.717) is 12.1 Å². The van der Waals surface area contributed by atoms with Crippen molar-refractivity contribution in [2.45, 2.75) is 51.7 Å². The summed E-state index contributed by atoms with van der Waals surface area (Å²) >= 11 is 1.77. The fraction of sp³-hybridized carbons (Fsp3) is 0.714. The molecular weight excluding hydrogens is 228 g/mol. The maximum absolute atomic E-state index is 6.23. The predicted molar refractivity (Wildman–Crippen MR) is 75.3 cm³/mol. The Morgan fingerprint density at radius 2 is 2.18 bits per heavy atom. The Morgan fingerprint density at radius 3 is 2.71 bits per heavy atom. The first-order valence-corrected chi connectivity index (χ1v) is 7.59. The van der Waals surface area contributed by atoms with Crippen LogP contribution in [0.1, 0.15) is 45.2 Å². The third kappa shape index (κ3) is 2.72. The van der Waals surface area contributed by atoms with E-state index in [1.54, 1.807) is 11.3 Å². The highest BCUT2D eigenvalue weighted by Gasteiger charge is 2.34. The van der Waals surface area contributed by atoms with E-state index in [9.17, 15) is 0 Å². The summed E-state index contributed by atoms with van der Waals surface area (Å²) in [5.41, 5.74) is 7.63. The summed E-state index contributed by atoms with van der Waals surface area (Å²) in [5, 5.41) is 4.41. The first kappa shape index (κ1) is 13.1. The van der Waals surface area contributed by atoms with E-state index in [1.165, 1.54) is 24.9 Å². The maximum atomic E-state index is 6.23. The molecule has 1 aromatic rings. The lowest BCUT2D eigenvalue weighted by molar-refractivity contribution is 0.130. The van der Waals surface area contributed by atoms with Gasteiger partial charge in [-0.05, 0) is 54.6 Å². The Kier molecular flexibility index (Phi) is 4.23. The Hall–Kier alpha value is -0.380. The zero-order valence-corrected chi connectivity index (χ0v) is 11.9. The minimum absolute atomic E-state index is 0.198. The normalized spacial score (nSPS) is 25.4. The quantitative estimate of drug-likeness (QED) is 0.891. The molecule has 0 aromatic carbocycles. The summed E-state index contributed by atoms with van der Waals surface area (Å²) in [4.78, 5) is 2.64. The fourth-order valence-corrected chi connectivity index (χ4v) is 3.81. The van der Waals surface area contributed by atoms with E-state index in [4.69, 9.17) is 5.73 Å². The molecular formula is C14H24N2S. The van der Waals surface area contributed by atoms with Crippen molar-refractivity contribution in [2.24, 2.45) is 11.7 Å². The van der Waals surface area contributed by atoms with E-state index < -0.39 is 0 Å². The fourth-order valence-electron chi connectivity index (χ4n) is 3.12. The highest BCUT2D eigenvalue weighted by atomic mass is 32.1. The molecule has 1 aromatic heterocycles. The minimum Gasteiger partial charge on any atom is -0.326 e. The summed E-state index contributed by atoms with van der Waals surface area (Å²) in [5.74, 6) is 0.720. The molecule has 3 unspecified atom stereocenters. The summed E-state index contributed by atoms with van der Waals surface area (Å²) in [7, 11) is 0. The van der Waals surface area contributed by atoms with Gasteiger partial charge in [0, 0.05) is 12.1 Å². The maximum Gasteiger partial charge on any atom is 0.0507 e. The minimum atomic E-state index is 0.198. The number of rotatable bonds is 4. The molecule has 0 amide bonds. The molecule has 0 spiro atoms. The van der Waals surface area contributed by atoms with E-state index in [-0.39, 0.29) is 6.04 Å². The average molecular weight is 252 g/mol. The number of nitrogens with zero attached hydrogens (tertiary/aromatic N) is 1.